The molecule has 0 aromatic carbocycles. The number of hydrogen-bond donors (Lipinski definition) is 1. The number of amides is 1. The van der Waals surface area contributed by atoms with Crippen molar-refractivity contribution in [2.24, 2.45) is 5.92 Å². The average Bonchev–Trinajstić information content (AvgIpc) is 2.96. The van der Waals surface area contributed by atoms with Gasteiger partial charge in [-0.25, -0.2) is 0 Å². The Morgan fingerprint density at radius 2 is 2.22 bits per heavy atom. The number of nitrogens with one attached hydrogen (secondary N) is 1. The minimum Gasteiger partial charge on any atom is -0.375 e. The molecule has 1 N–H and O–H groups in total. The van der Waals surface area contributed by atoms with Crippen molar-refractivity contribution in [2.45, 2.75) is 51.2 Å². The second-order valence-electron chi connectivity index (χ2n) is 5.74. The van der Waals surface area contributed by atoms with Crippen molar-refractivity contribution in [3.63, 3.8) is 0 Å². The summed E-state index contributed by atoms with van der Waals surface area (Å²) in [5, 5.41) is 3.19. The van der Waals surface area contributed by atoms with Crippen LogP contribution in [0.1, 0.15) is 39.0 Å². The highest BCUT2D eigenvalue weighted by Gasteiger charge is 2.27. The van der Waals surface area contributed by atoms with Crippen molar-refractivity contribution in [1.82, 2.24) is 10.2 Å². The lowest BCUT2D eigenvalue weighted by Crippen LogP contribution is -2.30. The van der Waals surface area contributed by atoms with Crippen LogP contribution in [0.3, 0.4) is 0 Å². The van der Waals surface area contributed by atoms with E-state index in [9.17, 15) is 4.79 Å². The van der Waals surface area contributed by atoms with E-state index >= 15 is 0 Å². The predicted octanol–water partition coefficient (Wildman–Crippen LogP) is 1.40. The summed E-state index contributed by atoms with van der Waals surface area (Å²) >= 11 is 0. The summed E-state index contributed by atoms with van der Waals surface area (Å²) in [6.07, 6.45) is 5.67. The first-order valence-electron chi connectivity index (χ1n) is 7.27. The molecule has 0 aromatic heterocycles. The third kappa shape index (κ3) is 3.69. The zero-order valence-corrected chi connectivity index (χ0v) is 11.7. The van der Waals surface area contributed by atoms with Crippen LogP contribution >= 0.6 is 0 Å². The molecule has 2 heterocycles. The summed E-state index contributed by atoms with van der Waals surface area (Å²) in [6, 6.07) is 0. The Morgan fingerprint density at radius 1 is 1.39 bits per heavy atom. The molecule has 4 nitrogen and oxygen atoms in total. The molecule has 1 amide bonds. The van der Waals surface area contributed by atoms with Gasteiger partial charge in [-0.2, -0.15) is 0 Å². The second-order valence-corrected chi connectivity index (χ2v) is 5.74. The van der Waals surface area contributed by atoms with Gasteiger partial charge in [0.05, 0.1) is 12.2 Å². The van der Waals surface area contributed by atoms with Crippen LogP contribution in [0.5, 0.6) is 0 Å². The van der Waals surface area contributed by atoms with Gasteiger partial charge in [0.25, 0.3) is 0 Å². The minimum absolute atomic E-state index is 0.316. The number of hydrogen-bond acceptors (Lipinski definition) is 3. The van der Waals surface area contributed by atoms with Crippen LogP contribution in [0, 0.1) is 5.92 Å². The predicted molar refractivity (Wildman–Crippen MR) is 71.4 cm³/mol. The Morgan fingerprint density at radius 3 is 2.89 bits per heavy atom. The molecule has 0 spiro atoms. The lowest BCUT2D eigenvalue weighted by molar-refractivity contribution is -0.131. The van der Waals surface area contributed by atoms with Gasteiger partial charge in [-0.05, 0) is 52.1 Å². The number of ether oxygens (including phenoxy) is 1. The maximum Gasteiger partial charge on any atom is 0.222 e. The Kier molecular flexibility index (Phi) is 5.01. The van der Waals surface area contributed by atoms with E-state index in [-0.39, 0.29) is 0 Å². The molecule has 0 bridgehead atoms. The van der Waals surface area contributed by atoms with Crippen molar-refractivity contribution in [2.75, 3.05) is 26.7 Å². The van der Waals surface area contributed by atoms with E-state index in [1.165, 1.54) is 0 Å². The molecule has 2 aliphatic heterocycles. The van der Waals surface area contributed by atoms with Gasteiger partial charge in [0.1, 0.15) is 0 Å². The quantitative estimate of drug-likeness (QED) is 0.806. The molecule has 0 saturated carbocycles. The smallest absolute Gasteiger partial charge is 0.222 e. The Balaban J connectivity index is 1.66. The Hall–Kier alpha value is -0.610. The highest BCUT2D eigenvalue weighted by molar-refractivity contribution is 5.76. The zero-order valence-electron chi connectivity index (χ0n) is 11.7. The highest BCUT2D eigenvalue weighted by atomic mass is 16.5. The Labute approximate surface area is 110 Å². The lowest BCUT2D eigenvalue weighted by Gasteiger charge is -2.18. The summed E-state index contributed by atoms with van der Waals surface area (Å²) in [6.45, 7) is 5.01. The van der Waals surface area contributed by atoms with E-state index in [1.807, 2.05) is 11.9 Å². The molecule has 0 radical (unpaired) electrons. The molecule has 3 unspecified atom stereocenters. The second kappa shape index (κ2) is 6.53. The summed E-state index contributed by atoms with van der Waals surface area (Å²) in [5.41, 5.74) is 0. The van der Waals surface area contributed by atoms with Gasteiger partial charge in [0, 0.05) is 19.5 Å². The van der Waals surface area contributed by atoms with E-state index in [2.05, 4.69) is 12.2 Å². The molecule has 18 heavy (non-hydrogen) atoms. The molecule has 0 aromatic rings. The minimum atomic E-state index is 0.316. The van der Waals surface area contributed by atoms with E-state index in [1.54, 1.807) is 0 Å². The number of carbonyl (C=O) groups excluding carboxylic acids is 1. The molecule has 2 saturated heterocycles. The standard InChI is InChI=1S/C14H26N2O2/c1-11-3-4-13(18-11)5-6-14(17)16-8-7-12(10-16)9-15-2/h11-13,15H,3-10H2,1-2H3. The van der Waals surface area contributed by atoms with Gasteiger partial charge in [-0.1, -0.05) is 0 Å². The molecular weight excluding hydrogens is 228 g/mol. The first-order chi connectivity index (χ1) is 8.69. The topological polar surface area (TPSA) is 41.6 Å². The third-order valence-corrected chi connectivity index (χ3v) is 4.13. The summed E-state index contributed by atoms with van der Waals surface area (Å²) in [4.78, 5) is 14.1. The van der Waals surface area contributed by atoms with Crippen LogP contribution in [0.4, 0.5) is 0 Å². The van der Waals surface area contributed by atoms with Crippen molar-refractivity contribution < 1.29 is 9.53 Å². The monoisotopic (exact) mass is 254 g/mol. The van der Waals surface area contributed by atoms with Crippen molar-refractivity contribution >= 4 is 5.91 Å². The first-order valence-corrected chi connectivity index (χ1v) is 7.27. The van der Waals surface area contributed by atoms with Crippen molar-refractivity contribution in [3.8, 4) is 0 Å². The zero-order chi connectivity index (χ0) is 13.0. The SMILES string of the molecule is CNCC1CCN(C(=O)CCC2CCC(C)O2)C1. The van der Waals surface area contributed by atoms with Crippen LogP contribution in [0.25, 0.3) is 0 Å². The van der Waals surface area contributed by atoms with Gasteiger partial charge in [0.15, 0.2) is 0 Å². The van der Waals surface area contributed by atoms with Gasteiger partial charge in [-0.3, -0.25) is 4.79 Å². The molecule has 2 fully saturated rings. The van der Waals surface area contributed by atoms with E-state index in [0.717, 1.165) is 45.3 Å². The molecule has 0 aliphatic carbocycles. The van der Waals surface area contributed by atoms with Gasteiger partial charge < -0.3 is 15.0 Å². The Bertz CT molecular complexity index is 283. The van der Waals surface area contributed by atoms with Gasteiger partial charge >= 0.3 is 0 Å². The van der Waals surface area contributed by atoms with Crippen LogP contribution in [-0.2, 0) is 9.53 Å². The van der Waals surface area contributed by atoms with E-state index in [4.69, 9.17) is 4.74 Å². The van der Waals surface area contributed by atoms with Crippen molar-refractivity contribution in [1.29, 1.82) is 0 Å². The largest absolute Gasteiger partial charge is 0.375 e. The third-order valence-electron chi connectivity index (χ3n) is 4.13. The van der Waals surface area contributed by atoms with Crippen LogP contribution < -0.4 is 5.32 Å². The summed E-state index contributed by atoms with van der Waals surface area (Å²) < 4.78 is 5.75. The van der Waals surface area contributed by atoms with E-state index in [0.29, 0.717) is 30.5 Å². The fourth-order valence-corrected chi connectivity index (χ4v) is 3.05. The molecule has 2 rings (SSSR count). The maximum atomic E-state index is 12.1. The highest BCUT2D eigenvalue weighted by Crippen LogP contribution is 2.23. The van der Waals surface area contributed by atoms with E-state index < -0.39 is 0 Å². The lowest BCUT2D eigenvalue weighted by atomic mass is 10.1. The number of rotatable bonds is 5. The molecule has 104 valence electrons. The first kappa shape index (κ1) is 13.8. The van der Waals surface area contributed by atoms with Crippen LogP contribution in [0.2, 0.25) is 0 Å². The average molecular weight is 254 g/mol. The summed E-state index contributed by atoms with van der Waals surface area (Å²) in [5.74, 6) is 0.957. The fourth-order valence-electron chi connectivity index (χ4n) is 3.05. The van der Waals surface area contributed by atoms with Gasteiger partial charge in [-0.15, -0.1) is 0 Å². The fraction of sp³-hybridized carbons (Fsp3) is 0.929. The van der Waals surface area contributed by atoms with Gasteiger partial charge in [0.2, 0.25) is 5.91 Å². The maximum absolute atomic E-state index is 12.1. The van der Waals surface area contributed by atoms with Crippen LogP contribution in [-0.4, -0.2) is 49.7 Å². The molecule has 4 heteroatoms. The number of likely N-dealkylation sites (tertiary alicyclic amines) is 1. The van der Waals surface area contributed by atoms with Crippen molar-refractivity contribution in [3.05, 3.63) is 0 Å². The molecule has 3 atom stereocenters. The van der Waals surface area contributed by atoms with Crippen LogP contribution in [0.15, 0.2) is 0 Å². The molecular formula is C14H26N2O2. The molecule has 2 aliphatic rings. The number of carbonyl (C=O) groups is 1. The normalized spacial score (nSPS) is 32.1. The summed E-state index contributed by atoms with van der Waals surface area (Å²) in [7, 11) is 1.98. The number of nitrogens with zero attached hydrogens (tertiary/aromatic N) is 1.